The molecule has 2 aromatic rings. The quantitative estimate of drug-likeness (QED) is 0.721. The lowest BCUT2D eigenvalue weighted by molar-refractivity contribution is -0.126. The first-order chi connectivity index (χ1) is 12.1. The molecule has 1 aromatic heterocycles. The van der Waals surface area contributed by atoms with E-state index in [4.69, 9.17) is 0 Å². The third kappa shape index (κ3) is 3.98. The van der Waals surface area contributed by atoms with E-state index in [0.717, 1.165) is 42.2 Å². The van der Waals surface area contributed by atoms with Crippen molar-refractivity contribution >= 4 is 17.7 Å². The summed E-state index contributed by atoms with van der Waals surface area (Å²) in [5, 5.41) is 0.875. The van der Waals surface area contributed by atoms with Crippen LogP contribution in [0.25, 0.3) is 11.3 Å². The van der Waals surface area contributed by atoms with Crippen LogP contribution in [-0.2, 0) is 11.8 Å². The molecule has 1 aliphatic rings. The molecule has 3 rings (SSSR count). The number of hydrogen-bond donors (Lipinski definition) is 0. The lowest BCUT2D eigenvalue weighted by atomic mass is 10.1. The lowest BCUT2D eigenvalue weighted by Gasteiger charge is -2.22. The second kappa shape index (κ2) is 7.91. The maximum Gasteiger partial charge on any atom is 0.237 e. The summed E-state index contributed by atoms with van der Waals surface area (Å²) < 4.78 is 2.06. The van der Waals surface area contributed by atoms with Crippen molar-refractivity contribution in [2.24, 2.45) is 7.05 Å². The van der Waals surface area contributed by atoms with Crippen LogP contribution in [0.3, 0.4) is 0 Å². The van der Waals surface area contributed by atoms with Gasteiger partial charge in [-0.1, -0.05) is 47.7 Å². The predicted molar refractivity (Wildman–Crippen MR) is 103 cm³/mol. The van der Waals surface area contributed by atoms with E-state index in [-0.39, 0.29) is 5.91 Å². The standard InChI is InChI=1S/C20H25N3OS/c1-4-23(17-7-5-6-8-17)19(24)14-25-20-21-13-18(22(20)3)16-11-9-15(2)10-12-16/h7,9-13H,4-6,8,14H2,1-3H3. The number of aryl methyl sites for hydroxylation is 1. The Labute approximate surface area is 153 Å². The van der Waals surface area contributed by atoms with Gasteiger partial charge in [-0.25, -0.2) is 4.98 Å². The molecule has 1 heterocycles. The van der Waals surface area contributed by atoms with Gasteiger partial charge in [0.1, 0.15) is 0 Å². The van der Waals surface area contributed by atoms with Crippen LogP contribution in [-0.4, -0.2) is 32.7 Å². The van der Waals surface area contributed by atoms with Crippen LogP contribution >= 0.6 is 11.8 Å². The molecule has 0 saturated heterocycles. The van der Waals surface area contributed by atoms with Gasteiger partial charge in [-0.15, -0.1) is 0 Å². The van der Waals surface area contributed by atoms with Crippen molar-refractivity contribution in [3.8, 4) is 11.3 Å². The fourth-order valence-electron chi connectivity index (χ4n) is 3.16. The number of allylic oxidation sites excluding steroid dienone is 2. The Hall–Kier alpha value is -2.01. The Bertz CT molecular complexity index is 777. The second-order valence-corrected chi connectivity index (χ2v) is 7.31. The highest BCUT2D eigenvalue weighted by Gasteiger charge is 2.19. The van der Waals surface area contributed by atoms with E-state index in [1.165, 1.54) is 23.0 Å². The smallest absolute Gasteiger partial charge is 0.237 e. The summed E-state index contributed by atoms with van der Waals surface area (Å²) in [4.78, 5) is 19.0. The maximum absolute atomic E-state index is 12.6. The summed E-state index contributed by atoms with van der Waals surface area (Å²) in [5.74, 6) is 0.587. The summed E-state index contributed by atoms with van der Waals surface area (Å²) in [7, 11) is 2.01. The molecule has 0 radical (unpaired) electrons. The number of benzene rings is 1. The molecule has 4 nitrogen and oxygen atoms in total. The van der Waals surface area contributed by atoms with Gasteiger partial charge in [0.05, 0.1) is 17.6 Å². The number of nitrogens with zero attached hydrogens (tertiary/aromatic N) is 3. The van der Waals surface area contributed by atoms with Gasteiger partial charge >= 0.3 is 0 Å². The number of aromatic nitrogens is 2. The Morgan fingerprint density at radius 1 is 1.32 bits per heavy atom. The van der Waals surface area contributed by atoms with Gasteiger partial charge in [-0.05, 0) is 38.7 Å². The van der Waals surface area contributed by atoms with E-state index >= 15 is 0 Å². The van der Waals surface area contributed by atoms with Crippen molar-refractivity contribution in [2.75, 3.05) is 12.3 Å². The molecule has 0 unspecified atom stereocenters. The second-order valence-electron chi connectivity index (χ2n) is 6.37. The predicted octanol–water partition coefficient (Wildman–Crippen LogP) is 4.40. The summed E-state index contributed by atoms with van der Waals surface area (Å²) in [5.41, 5.74) is 4.64. The highest BCUT2D eigenvalue weighted by atomic mass is 32.2. The maximum atomic E-state index is 12.6. The lowest BCUT2D eigenvalue weighted by Crippen LogP contribution is -2.31. The van der Waals surface area contributed by atoms with Crippen LogP contribution in [0.5, 0.6) is 0 Å². The van der Waals surface area contributed by atoms with Crippen molar-refractivity contribution in [1.29, 1.82) is 0 Å². The molecule has 132 valence electrons. The molecule has 1 amide bonds. The zero-order valence-electron chi connectivity index (χ0n) is 15.2. The molecule has 5 heteroatoms. The molecule has 1 aliphatic carbocycles. The minimum atomic E-state index is 0.167. The zero-order chi connectivity index (χ0) is 17.8. The third-order valence-corrected chi connectivity index (χ3v) is 5.63. The summed E-state index contributed by atoms with van der Waals surface area (Å²) in [6.45, 7) is 4.86. The van der Waals surface area contributed by atoms with Crippen LogP contribution in [0.15, 0.2) is 47.4 Å². The van der Waals surface area contributed by atoms with Crippen molar-refractivity contribution in [3.63, 3.8) is 0 Å². The van der Waals surface area contributed by atoms with Gasteiger partial charge in [-0.3, -0.25) is 4.79 Å². The Kier molecular flexibility index (Phi) is 5.63. The minimum Gasteiger partial charge on any atom is -0.322 e. The van der Waals surface area contributed by atoms with E-state index in [0.29, 0.717) is 5.75 Å². The molecule has 0 spiro atoms. The Balaban J connectivity index is 1.67. The van der Waals surface area contributed by atoms with E-state index < -0.39 is 0 Å². The van der Waals surface area contributed by atoms with Gasteiger partial charge in [0.2, 0.25) is 5.91 Å². The molecule has 0 saturated carbocycles. The SMILES string of the molecule is CCN(C(=O)CSc1ncc(-c2ccc(C)cc2)n1C)C1=CCCC1. The largest absolute Gasteiger partial charge is 0.322 e. The fourth-order valence-corrected chi connectivity index (χ4v) is 3.99. The highest BCUT2D eigenvalue weighted by Crippen LogP contribution is 2.27. The average Bonchev–Trinajstić information content (AvgIpc) is 3.25. The number of hydrogen-bond acceptors (Lipinski definition) is 3. The third-order valence-electron chi connectivity index (χ3n) is 4.60. The van der Waals surface area contributed by atoms with Gasteiger partial charge in [-0.2, -0.15) is 0 Å². The molecule has 0 fully saturated rings. The van der Waals surface area contributed by atoms with Gasteiger partial charge in [0.25, 0.3) is 0 Å². The first-order valence-electron chi connectivity index (χ1n) is 8.81. The monoisotopic (exact) mass is 355 g/mol. The molecule has 0 bridgehead atoms. The van der Waals surface area contributed by atoms with Gasteiger partial charge < -0.3 is 9.47 Å². The summed E-state index contributed by atoms with van der Waals surface area (Å²) >= 11 is 1.51. The van der Waals surface area contributed by atoms with Gasteiger partial charge in [0, 0.05) is 19.3 Å². The number of carbonyl (C=O) groups excluding carboxylic acids is 1. The Morgan fingerprint density at radius 3 is 2.72 bits per heavy atom. The van der Waals surface area contributed by atoms with Crippen LogP contribution < -0.4 is 0 Å². The van der Waals surface area contributed by atoms with E-state index in [1.807, 2.05) is 25.1 Å². The van der Waals surface area contributed by atoms with E-state index in [9.17, 15) is 4.79 Å². The number of thioether (sulfide) groups is 1. The normalized spacial score (nSPS) is 13.8. The number of rotatable bonds is 6. The number of amides is 1. The molecule has 1 aromatic carbocycles. The summed E-state index contributed by atoms with van der Waals surface area (Å²) in [6, 6.07) is 8.43. The topological polar surface area (TPSA) is 38.1 Å². The first kappa shape index (κ1) is 17.8. The molecule has 0 N–H and O–H groups in total. The van der Waals surface area contributed by atoms with Crippen molar-refractivity contribution in [1.82, 2.24) is 14.5 Å². The minimum absolute atomic E-state index is 0.167. The Morgan fingerprint density at radius 2 is 2.08 bits per heavy atom. The molecule has 0 aliphatic heterocycles. The van der Waals surface area contributed by atoms with Crippen molar-refractivity contribution < 1.29 is 4.79 Å². The van der Waals surface area contributed by atoms with Crippen molar-refractivity contribution in [2.45, 2.75) is 38.3 Å². The molecule has 0 atom stereocenters. The fraction of sp³-hybridized carbons (Fsp3) is 0.400. The van der Waals surface area contributed by atoms with Crippen molar-refractivity contribution in [3.05, 3.63) is 47.8 Å². The average molecular weight is 356 g/mol. The van der Waals surface area contributed by atoms with E-state index in [1.54, 1.807) is 0 Å². The van der Waals surface area contributed by atoms with Crippen LogP contribution in [0.2, 0.25) is 0 Å². The number of imidazole rings is 1. The summed E-state index contributed by atoms with van der Waals surface area (Å²) in [6.07, 6.45) is 7.35. The number of carbonyl (C=O) groups is 1. The van der Waals surface area contributed by atoms with Crippen LogP contribution in [0, 0.1) is 6.92 Å². The van der Waals surface area contributed by atoms with E-state index in [2.05, 4.69) is 46.8 Å². The first-order valence-corrected chi connectivity index (χ1v) is 9.79. The molecular formula is C20H25N3OS. The van der Waals surface area contributed by atoms with Gasteiger partial charge in [0.15, 0.2) is 5.16 Å². The van der Waals surface area contributed by atoms with Crippen LogP contribution in [0.1, 0.15) is 31.7 Å². The highest BCUT2D eigenvalue weighted by molar-refractivity contribution is 7.99. The zero-order valence-corrected chi connectivity index (χ0v) is 16.0. The van der Waals surface area contributed by atoms with Crippen LogP contribution in [0.4, 0.5) is 0 Å². The molecular weight excluding hydrogens is 330 g/mol. The molecule has 25 heavy (non-hydrogen) atoms.